The summed E-state index contributed by atoms with van der Waals surface area (Å²) < 4.78 is 11.8. The fraction of sp³-hybridized carbons (Fsp3) is 0.462. The number of phenols is 2. The maximum absolute atomic E-state index is 13.3. The van der Waals surface area contributed by atoms with Crippen LogP contribution in [0.25, 0.3) is 0 Å². The van der Waals surface area contributed by atoms with Crippen LogP contribution < -0.4 is 5.73 Å². The number of hydrogen-bond acceptors (Lipinski definition) is 10. The summed E-state index contributed by atoms with van der Waals surface area (Å²) in [6.07, 6.45) is -5.29. The van der Waals surface area contributed by atoms with Crippen molar-refractivity contribution in [3.63, 3.8) is 0 Å². The quantitative estimate of drug-likeness (QED) is 0.267. The standard InChI is InChI=1S/C26H29NO9.ClH/c1-10-21(29)15(27)7-17(35-10)36-16-9-26(34,11(2)28)8-14-18(16)25(33)20-19(24(14)32)22(30)12-5-3-4-6-13(12)23(20)31;/h3-6,10-11,15-17,21,28-29,32-34H,7-9,27H2,1-2H3;1H/t10-,11-,15+,16-,17-,21+,26-;/m0./s1. The van der Waals surface area contributed by atoms with Crippen LogP contribution in [0.4, 0.5) is 0 Å². The highest BCUT2D eigenvalue weighted by Crippen LogP contribution is 2.52. The van der Waals surface area contributed by atoms with Gasteiger partial charge in [0.1, 0.15) is 11.5 Å². The Labute approximate surface area is 219 Å². The number of carbonyl (C=O) groups is 2. The molecular formula is C26H30ClNO9. The average Bonchev–Trinajstić information content (AvgIpc) is 2.82. The van der Waals surface area contributed by atoms with Gasteiger partial charge in [-0.25, -0.2) is 0 Å². The van der Waals surface area contributed by atoms with E-state index in [2.05, 4.69) is 0 Å². The first-order chi connectivity index (χ1) is 16.9. The zero-order chi connectivity index (χ0) is 26.1. The van der Waals surface area contributed by atoms with Crippen LogP contribution in [0.1, 0.15) is 75.8 Å². The predicted molar refractivity (Wildman–Crippen MR) is 132 cm³/mol. The van der Waals surface area contributed by atoms with Crippen LogP contribution >= 0.6 is 12.4 Å². The van der Waals surface area contributed by atoms with Crippen LogP contribution in [0, 0.1) is 0 Å². The molecule has 11 heteroatoms. The Hall–Kier alpha value is -2.57. The Morgan fingerprint density at radius 3 is 2.22 bits per heavy atom. The summed E-state index contributed by atoms with van der Waals surface area (Å²) in [6, 6.07) is 5.47. The summed E-state index contributed by atoms with van der Waals surface area (Å²) in [4.78, 5) is 26.6. The second-order valence-electron chi connectivity index (χ2n) is 9.99. The Morgan fingerprint density at radius 1 is 1.11 bits per heavy atom. The molecule has 0 radical (unpaired) electrons. The number of aromatic hydroxyl groups is 2. The molecule has 5 rings (SSSR count). The molecule has 0 spiro atoms. The largest absolute Gasteiger partial charge is 0.507 e. The highest BCUT2D eigenvalue weighted by Gasteiger charge is 2.49. The van der Waals surface area contributed by atoms with Crippen molar-refractivity contribution in [2.24, 2.45) is 5.73 Å². The summed E-state index contributed by atoms with van der Waals surface area (Å²) in [7, 11) is 0. The van der Waals surface area contributed by atoms with Crippen molar-refractivity contribution in [2.75, 3.05) is 0 Å². The molecule has 37 heavy (non-hydrogen) atoms. The number of aliphatic hydroxyl groups excluding tert-OH is 2. The average molecular weight is 536 g/mol. The maximum atomic E-state index is 13.3. The van der Waals surface area contributed by atoms with Crippen LogP contribution in [0.15, 0.2) is 24.3 Å². The minimum Gasteiger partial charge on any atom is -0.507 e. The number of phenolic OH excluding ortho intramolecular Hbond substituents is 2. The molecule has 200 valence electrons. The molecule has 0 unspecified atom stereocenters. The lowest BCUT2D eigenvalue weighted by atomic mass is 9.71. The van der Waals surface area contributed by atoms with Gasteiger partial charge in [-0.3, -0.25) is 9.59 Å². The Kier molecular flexibility index (Phi) is 7.15. The van der Waals surface area contributed by atoms with E-state index in [1.54, 1.807) is 19.1 Å². The van der Waals surface area contributed by atoms with Gasteiger partial charge in [-0.1, -0.05) is 24.3 Å². The molecule has 0 saturated carbocycles. The van der Waals surface area contributed by atoms with Crippen molar-refractivity contribution in [3.8, 4) is 11.5 Å². The van der Waals surface area contributed by atoms with E-state index in [1.807, 2.05) is 0 Å². The van der Waals surface area contributed by atoms with Gasteiger partial charge in [-0.05, 0) is 13.8 Å². The topological polar surface area (TPSA) is 180 Å². The molecule has 0 bridgehead atoms. The molecule has 7 N–H and O–H groups in total. The van der Waals surface area contributed by atoms with Crippen molar-refractivity contribution in [2.45, 2.75) is 75.5 Å². The van der Waals surface area contributed by atoms with Gasteiger partial charge in [0, 0.05) is 47.6 Å². The first-order valence-electron chi connectivity index (χ1n) is 11.9. The summed E-state index contributed by atoms with van der Waals surface area (Å²) in [5, 5.41) is 54.4. The minimum absolute atomic E-state index is 0. The number of rotatable bonds is 3. The normalized spacial score (nSPS) is 31.6. The first kappa shape index (κ1) is 27.5. The number of nitrogens with two attached hydrogens (primary N) is 1. The summed E-state index contributed by atoms with van der Waals surface area (Å²) >= 11 is 0. The SMILES string of the molecule is C[C@@H]1O[C@@H](O[C@H]2C[C@](O)([C@H](C)O)Cc3c(O)c4c(c(O)c32)C(=O)c2ccccc2C4=O)C[C@@H](N)[C@@H]1O.Cl. The molecule has 0 amide bonds. The molecule has 1 saturated heterocycles. The second-order valence-corrected chi connectivity index (χ2v) is 9.99. The molecule has 3 aliphatic rings. The van der Waals surface area contributed by atoms with Crippen LogP contribution in [0.5, 0.6) is 11.5 Å². The summed E-state index contributed by atoms with van der Waals surface area (Å²) in [5.74, 6) is -2.35. The number of benzene rings is 2. The zero-order valence-electron chi connectivity index (χ0n) is 20.2. The zero-order valence-corrected chi connectivity index (χ0v) is 21.1. The van der Waals surface area contributed by atoms with E-state index in [1.165, 1.54) is 19.1 Å². The lowest BCUT2D eigenvalue weighted by molar-refractivity contribution is -0.250. The van der Waals surface area contributed by atoms with Gasteiger partial charge in [0.25, 0.3) is 0 Å². The molecule has 2 aromatic carbocycles. The molecule has 1 aliphatic heterocycles. The van der Waals surface area contributed by atoms with Gasteiger partial charge in [-0.15, -0.1) is 12.4 Å². The predicted octanol–water partition coefficient (Wildman–Crippen LogP) is 1.23. The van der Waals surface area contributed by atoms with Gasteiger partial charge < -0.3 is 40.7 Å². The second kappa shape index (κ2) is 9.63. The number of aliphatic hydroxyl groups is 3. The third-order valence-corrected chi connectivity index (χ3v) is 7.65. The van der Waals surface area contributed by atoms with Gasteiger partial charge in [0.2, 0.25) is 0 Å². The summed E-state index contributed by atoms with van der Waals surface area (Å²) in [6.45, 7) is 3.01. The van der Waals surface area contributed by atoms with Gasteiger partial charge in [-0.2, -0.15) is 0 Å². The van der Waals surface area contributed by atoms with Crippen molar-refractivity contribution >= 4 is 24.0 Å². The number of ether oxygens (including phenoxy) is 2. The number of halogens is 1. The van der Waals surface area contributed by atoms with Crippen LogP contribution in [-0.4, -0.2) is 73.3 Å². The monoisotopic (exact) mass is 535 g/mol. The molecule has 1 fully saturated rings. The molecule has 1 heterocycles. The van der Waals surface area contributed by atoms with Gasteiger partial charge >= 0.3 is 0 Å². The van der Waals surface area contributed by atoms with E-state index >= 15 is 0 Å². The number of ketones is 2. The summed E-state index contributed by atoms with van der Waals surface area (Å²) in [5.41, 5.74) is 3.77. The van der Waals surface area contributed by atoms with Crippen LogP contribution in [0.2, 0.25) is 0 Å². The van der Waals surface area contributed by atoms with Crippen molar-refractivity contribution in [1.82, 2.24) is 0 Å². The minimum atomic E-state index is -1.78. The van der Waals surface area contributed by atoms with E-state index in [4.69, 9.17) is 15.2 Å². The third-order valence-electron chi connectivity index (χ3n) is 7.65. The fourth-order valence-corrected chi connectivity index (χ4v) is 5.50. The third kappa shape index (κ3) is 4.22. The van der Waals surface area contributed by atoms with E-state index in [0.717, 1.165) is 0 Å². The molecule has 7 atom stereocenters. The molecule has 10 nitrogen and oxygen atoms in total. The highest BCUT2D eigenvalue weighted by atomic mass is 35.5. The maximum Gasteiger partial charge on any atom is 0.198 e. The highest BCUT2D eigenvalue weighted by molar-refractivity contribution is 6.30. The first-order valence-corrected chi connectivity index (χ1v) is 11.9. The lowest BCUT2D eigenvalue weighted by Gasteiger charge is -2.43. The lowest BCUT2D eigenvalue weighted by Crippen LogP contribution is -2.53. The molecule has 0 aromatic heterocycles. The number of fused-ring (bicyclic) bond motifs is 3. The van der Waals surface area contributed by atoms with Gasteiger partial charge in [0.15, 0.2) is 17.9 Å². The van der Waals surface area contributed by atoms with Crippen LogP contribution in [0.3, 0.4) is 0 Å². The fourth-order valence-electron chi connectivity index (χ4n) is 5.50. The number of hydrogen-bond donors (Lipinski definition) is 6. The number of carbonyl (C=O) groups excluding carboxylic acids is 2. The molecule has 2 aromatic rings. The van der Waals surface area contributed by atoms with E-state index in [-0.39, 0.29) is 65.1 Å². The van der Waals surface area contributed by atoms with E-state index < -0.39 is 65.4 Å². The molecular weight excluding hydrogens is 506 g/mol. The Bertz CT molecular complexity index is 1250. The van der Waals surface area contributed by atoms with Crippen LogP contribution in [-0.2, 0) is 15.9 Å². The van der Waals surface area contributed by atoms with Gasteiger partial charge in [0.05, 0.1) is 41.1 Å². The Morgan fingerprint density at radius 2 is 1.68 bits per heavy atom. The Balaban J connectivity index is 0.00000320. The van der Waals surface area contributed by atoms with Crippen molar-refractivity contribution in [1.29, 1.82) is 0 Å². The van der Waals surface area contributed by atoms with E-state index in [9.17, 15) is 35.1 Å². The molecule has 2 aliphatic carbocycles. The smallest absolute Gasteiger partial charge is 0.198 e. The van der Waals surface area contributed by atoms with Crippen molar-refractivity contribution in [3.05, 3.63) is 57.6 Å². The van der Waals surface area contributed by atoms with E-state index in [0.29, 0.717) is 0 Å². The van der Waals surface area contributed by atoms with Crippen molar-refractivity contribution < 1.29 is 44.6 Å².